The standard InChI is InChI=1S/C10H20N2O8/c1-2-20-6(15)3-11-12-10(19)9(18)8(17)7(16)5(14)4-13/h5,7-9,11,13-14,16-18H,2-4H2,1H3,(H,12,19)/t5-,7-,8-,9+/m1/s1. The maximum Gasteiger partial charge on any atom is 0.321 e. The van der Waals surface area contributed by atoms with Gasteiger partial charge in [0.25, 0.3) is 5.91 Å². The zero-order valence-corrected chi connectivity index (χ0v) is 10.9. The van der Waals surface area contributed by atoms with Crippen molar-refractivity contribution in [1.82, 2.24) is 10.9 Å². The van der Waals surface area contributed by atoms with E-state index in [1.807, 2.05) is 5.43 Å². The van der Waals surface area contributed by atoms with E-state index < -0.39 is 42.9 Å². The van der Waals surface area contributed by atoms with Gasteiger partial charge in [-0.25, -0.2) is 5.43 Å². The van der Waals surface area contributed by atoms with Gasteiger partial charge in [0.2, 0.25) is 0 Å². The molecule has 0 saturated heterocycles. The average Bonchev–Trinajstić information content (AvgIpc) is 2.44. The van der Waals surface area contributed by atoms with Gasteiger partial charge in [-0.2, -0.15) is 0 Å². The zero-order valence-electron chi connectivity index (χ0n) is 10.9. The second-order valence-corrected chi connectivity index (χ2v) is 3.82. The number of hydrazine groups is 1. The third kappa shape index (κ3) is 6.23. The molecule has 118 valence electrons. The number of esters is 1. The molecule has 0 aliphatic rings. The summed E-state index contributed by atoms with van der Waals surface area (Å²) in [4.78, 5) is 22.3. The Morgan fingerprint density at radius 3 is 2.25 bits per heavy atom. The summed E-state index contributed by atoms with van der Waals surface area (Å²) < 4.78 is 4.55. The van der Waals surface area contributed by atoms with E-state index in [0.717, 1.165) is 0 Å². The van der Waals surface area contributed by atoms with Crippen molar-refractivity contribution in [2.75, 3.05) is 19.8 Å². The van der Waals surface area contributed by atoms with E-state index in [4.69, 9.17) is 10.2 Å². The number of aliphatic hydroxyl groups excluding tert-OH is 5. The molecule has 0 aliphatic carbocycles. The van der Waals surface area contributed by atoms with Crippen LogP contribution in [0.1, 0.15) is 6.92 Å². The van der Waals surface area contributed by atoms with Crippen molar-refractivity contribution in [3.63, 3.8) is 0 Å². The van der Waals surface area contributed by atoms with Crippen LogP contribution in [-0.4, -0.2) is 81.6 Å². The molecule has 7 N–H and O–H groups in total. The van der Waals surface area contributed by atoms with Gasteiger partial charge in [0.15, 0.2) is 6.10 Å². The first-order valence-corrected chi connectivity index (χ1v) is 5.86. The number of amides is 1. The number of hydrogen-bond donors (Lipinski definition) is 7. The van der Waals surface area contributed by atoms with Gasteiger partial charge >= 0.3 is 5.97 Å². The van der Waals surface area contributed by atoms with Crippen LogP contribution in [0.25, 0.3) is 0 Å². The Balaban J connectivity index is 4.17. The lowest BCUT2D eigenvalue weighted by Crippen LogP contribution is -2.54. The molecule has 0 rings (SSSR count). The minimum Gasteiger partial charge on any atom is -0.465 e. The van der Waals surface area contributed by atoms with Crippen molar-refractivity contribution >= 4 is 11.9 Å². The first-order chi connectivity index (χ1) is 9.34. The molecule has 0 bridgehead atoms. The van der Waals surface area contributed by atoms with Crippen LogP contribution in [-0.2, 0) is 14.3 Å². The molecule has 0 aromatic heterocycles. The van der Waals surface area contributed by atoms with Crippen molar-refractivity contribution in [1.29, 1.82) is 0 Å². The molecule has 10 heteroatoms. The topological polar surface area (TPSA) is 169 Å². The summed E-state index contributed by atoms with van der Waals surface area (Å²) in [6.45, 7) is 0.559. The summed E-state index contributed by atoms with van der Waals surface area (Å²) in [6.07, 6.45) is -7.70. The average molecular weight is 296 g/mol. The molecule has 0 spiro atoms. The predicted octanol–water partition coefficient (Wildman–Crippen LogP) is -4.39. The molecule has 0 unspecified atom stereocenters. The van der Waals surface area contributed by atoms with E-state index in [2.05, 4.69) is 10.2 Å². The smallest absolute Gasteiger partial charge is 0.321 e. The van der Waals surface area contributed by atoms with Crippen molar-refractivity contribution in [3.8, 4) is 0 Å². The molecule has 10 nitrogen and oxygen atoms in total. The second kappa shape index (κ2) is 9.58. The highest BCUT2D eigenvalue weighted by Gasteiger charge is 2.34. The Morgan fingerprint density at radius 2 is 1.75 bits per heavy atom. The van der Waals surface area contributed by atoms with Gasteiger partial charge in [0.05, 0.1) is 13.2 Å². The Labute approximate surface area is 115 Å². The third-order valence-electron chi connectivity index (χ3n) is 2.27. The molecule has 0 aromatic carbocycles. The zero-order chi connectivity index (χ0) is 15.7. The molecule has 0 aliphatic heterocycles. The summed E-state index contributed by atoms with van der Waals surface area (Å²) in [5.74, 6) is -1.77. The van der Waals surface area contributed by atoms with Gasteiger partial charge in [-0.15, -0.1) is 0 Å². The summed E-state index contributed by atoms with van der Waals surface area (Å²) in [5.41, 5.74) is 4.06. The number of hydrogen-bond acceptors (Lipinski definition) is 9. The minimum absolute atomic E-state index is 0.168. The van der Waals surface area contributed by atoms with Crippen LogP contribution < -0.4 is 10.9 Å². The van der Waals surface area contributed by atoms with Crippen LogP contribution in [0.15, 0.2) is 0 Å². The summed E-state index contributed by atoms with van der Waals surface area (Å²) >= 11 is 0. The largest absolute Gasteiger partial charge is 0.465 e. The molecule has 0 heterocycles. The Bertz CT molecular complexity index is 314. The van der Waals surface area contributed by atoms with Crippen LogP contribution in [0, 0.1) is 0 Å². The summed E-state index contributed by atoms with van der Waals surface area (Å²) in [5, 5.41) is 45.7. The van der Waals surface area contributed by atoms with E-state index in [0.29, 0.717) is 0 Å². The van der Waals surface area contributed by atoms with Gasteiger partial charge in [0.1, 0.15) is 24.9 Å². The van der Waals surface area contributed by atoms with Crippen LogP contribution >= 0.6 is 0 Å². The van der Waals surface area contributed by atoms with Gasteiger partial charge in [0, 0.05) is 0 Å². The minimum atomic E-state index is -2.07. The van der Waals surface area contributed by atoms with E-state index in [9.17, 15) is 24.9 Å². The molecule has 0 fully saturated rings. The Kier molecular flexibility index (Phi) is 8.96. The molecule has 0 saturated carbocycles. The number of rotatable bonds is 9. The lowest BCUT2D eigenvalue weighted by atomic mass is 10.0. The number of carbonyl (C=O) groups is 2. The fourth-order valence-electron chi connectivity index (χ4n) is 1.17. The first-order valence-electron chi connectivity index (χ1n) is 5.86. The maximum atomic E-state index is 11.3. The van der Waals surface area contributed by atoms with Gasteiger partial charge in [-0.3, -0.25) is 15.0 Å². The highest BCUT2D eigenvalue weighted by Crippen LogP contribution is 2.04. The SMILES string of the molecule is CCOC(=O)CNNC(=O)[C@@H](O)[C@H](O)[C@H](O)[C@H](O)CO. The van der Waals surface area contributed by atoms with Gasteiger partial charge in [-0.1, -0.05) is 0 Å². The fourth-order valence-corrected chi connectivity index (χ4v) is 1.17. The number of aliphatic hydroxyl groups is 5. The predicted molar refractivity (Wildman–Crippen MR) is 63.9 cm³/mol. The molecule has 0 radical (unpaired) electrons. The molecule has 20 heavy (non-hydrogen) atoms. The van der Waals surface area contributed by atoms with Crippen molar-refractivity contribution in [2.45, 2.75) is 31.3 Å². The molecule has 0 aromatic rings. The molecule has 1 amide bonds. The van der Waals surface area contributed by atoms with Crippen LogP contribution in [0.5, 0.6) is 0 Å². The molecule has 4 atom stereocenters. The Hall–Kier alpha value is -1.30. The van der Waals surface area contributed by atoms with Crippen molar-refractivity contribution in [3.05, 3.63) is 0 Å². The van der Waals surface area contributed by atoms with Gasteiger partial charge < -0.3 is 30.3 Å². The van der Waals surface area contributed by atoms with Crippen LogP contribution in [0.3, 0.4) is 0 Å². The van der Waals surface area contributed by atoms with E-state index in [1.165, 1.54) is 0 Å². The van der Waals surface area contributed by atoms with Gasteiger partial charge in [-0.05, 0) is 6.92 Å². The number of nitrogens with one attached hydrogen (secondary N) is 2. The lowest BCUT2D eigenvalue weighted by Gasteiger charge is -2.24. The molecular formula is C10H20N2O8. The fraction of sp³-hybridized carbons (Fsp3) is 0.800. The van der Waals surface area contributed by atoms with Crippen molar-refractivity contribution < 1.29 is 39.9 Å². The van der Waals surface area contributed by atoms with Crippen LogP contribution in [0.4, 0.5) is 0 Å². The highest BCUT2D eigenvalue weighted by atomic mass is 16.5. The molecular weight excluding hydrogens is 276 g/mol. The van der Waals surface area contributed by atoms with Crippen molar-refractivity contribution in [2.24, 2.45) is 0 Å². The monoisotopic (exact) mass is 296 g/mol. The van der Waals surface area contributed by atoms with Crippen LogP contribution in [0.2, 0.25) is 0 Å². The highest BCUT2D eigenvalue weighted by molar-refractivity contribution is 5.81. The van der Waals surface area contributed by atoms with E-state index >= 15 is 0 Å². The summed E-state index contributed by atoms with van der Waals surface area (Å²) in [7, 11) is 0. The summed E-state index contributed by atoms with van der Waals surface area (Å²) in [6, 6.07) is 0. The Morgan fingerprint density at radius 1 is 1.15 bits per heavy atom. The van der Waals surface area contributed by atoms with E-state index in [-0.39, 0.29) is 13.2 Å². The third-order valence-corrected chi connectivity index (χ3v) is 2.27. The first kappa shape index (κ1) is 18.7. The lowest BCUT2D eigenvalue weighted by molar-refractivity contribution is -0.150. The quantitative estimate of drug-likeness (QED) is 0.164. The second-order valence-electron chi connectivity index (χ2n) is 3.82. The number of carbonyl (C=O) groups excluding carboxylic acids is 2. The van der Waals surface area contributed by atoms with E-state index in [1.54, 1.807) is 6.92 Å². The normalized spacial score (nSPS) is 16.9. The maximum absolute atomic E-state index is 11.3. The number of ether oxygens (including phenoxy) is 1.